The SMILES string of the molecule is COc1c(N2CCC(C(C)(C)N)C2)c(F)c(C)c2c(=O)[nH]c(=O)n(C3CC3)c12. The summed E-state index contributed by atoms with van der Waals surface area (Å²) >= 11 is 0. The number of rotatable bonds is 4. The Morgan fingerprint density at radius 2 is 1.93 bits per heavy atom. The molecule has 1 unspecified atom stereocenters. The van der Waals surface area contributed by atoms with Gasteiger partial charge in [-0.1, -0.05) is 0 Å². The van der Waals surface area contributed by atoms with E-state index >= 15 is 4.39 Å². The molecule has 1 aromatic heterocycles. The number of hydrogen-bond donors (Lipinski definition) is 2. The number of methoxy groups -OCH3 is 1. The van der Waals surface area contributed by atoms with Crippen LogP contribution in [0.4, 0.5) is 10.1 Å². The van der Waals surface area contributed by atoms with E-state index in [1.54, 1.807) is 11.5 Å². The number of aromatic nitrogens is 2. The zero-order chi connectivity index (χ0) is 20.4. The van der Waals surface area contributed by atoms with Gasteiger partial charge in [0.1, 0.15) is 11.2 Å². The number of aryl methyl sites for hydroxylation is 1. The van der Waals surface area contributed by atoms with Crippen LogP contribution in [-0.4, -0.2) is 35.3 Å². The Kier molecular flexibility index (Phi) is 4.30. The summed E-state index contributed by atoms with van der Waals surface area (Å²) in [5.74, 6) is -0.0209. The zero-order valence-electron chi connectivity index (χ0n) is 16.8. The lowest BCUT2D eigenvalue weighted by atomic mass is 9.88. The van der Waals surface area contributed by atoms with Crippen molar-refractivity contribution >= 4 is 16.6 Å². The third kappa shape index (κ3) is 2.82. The van der Waals surface area contributed by atoms with Crippen LogP contribution in [0.2, 0.25) is 0 Å². The van der Waals surface area contributed by atoms with Crippen LogP contribution >= 0.6 is 0 Å². The molecular weight excluding hydrogens is 363 g/mol. The van der Waals surface area contributed by atoms with Crippen LogP contribution in [0.1, 0.15) is 44.7 Å². The van der Waals surface area contributed by atoms with Crippen LogP contribution in [-0.2, 0) is 0 Å². The molecule has 0 bridgehead atoms. The van der Waals surface area contributed by atoms with Gasteiger partial charge in [-0.25, -0.2) is 9.18 Å². The summed E-state index contributed by atoms with van der Waals surface area (Å²) in [5.41, 5.74) is 5.79. The van der Waals surface area contributed by atoms with Crippen molar-refractivity contribution < 1.29 is 9.13 Å². The maximum Gasteiger partial charge on any atom is 0.329 e. The van der Waals surface area contributed by atoms with Crippen molar-refractivity contribution in [3.05, 3.63) is 32.2 Å². The predicted molar refractivity (Wildman–Crippen MR) is 107 cm³/mol. The zero-order valence-corrected chi connectivity index (χ0v) is 16.8. The Bertz CT molecular complexity index is 1060. The van der Waals surface area contributed by atoms with E-state index in [0.717, 1.165) is 19.3 Å². The number of nitrogens with zero attached hydrogens (tertiary/aromatic N) is 2. The minimum Gasteiger partial charge on any atom is -0.492 e. The van der Waals surface area contributed by atoms with Gasteiger partial charge in [0.15, 0.2) is 11.6 Å². The molecule has 3 N–H and O–H groups in total. The molecule has 28 heavy (non-hydrogen) atoms. The summed E-state index contributed by atoms with van der Waals surface area (Å²) in [5, 5.41) is 0.180. The molecule has 1 saturated carbocycles. The molecule has 1 aliphatic heterocycles. The van der Waals surface area contributed by atoms with Crippen molar-refractivity contribution in [2.24, 2.45) is 11.7 Å². The third-order valence-corrected chi connectivity index (χ3v) is 6.16. The molecule has 2 aliphatic rings. The first-order valence-electron chi connectivity index (χ1n) is 9.73. The van der Waals surface area contributed by atoms with E-state index in [0.29, 0.717) is 24.3 Å². The van der Waals surface area contributed by atoms with Gasteiger partial charge < -0.3 is 15.4 Å². The highest BCUT2D eigenvalue weighted by Gasteiger charge is 2.37. The molecule has 8 heteroatoms. The van der Waals surface area contributed by atoms with Gasteiger partial charge in [0.25, 0.3) is 5.56 Å². The van der Waals surface area contributed by atoms with Crippen molar-refractivity contribution in [2.75, 3.05) is 25.1 Å². The summed E-state index contributed by atoms with van der Waals surface area (Å²) in [6.45, 7) is 6.77. The van der Waals surface area contributed by atoms with Gasteiger partial charge in [0, 0.05) is 30.2 Å². The number of anilines is 1. The Balaban J connectivity index is 2.01. The highest BCUT2D eigenvalue weighted by atomic mass is 19.1. The average molecular weight is 390 g/mol. The summed E-state index contributed by atoms with van der Waals surface area (Å²) in [6.07, 6.45) is 2.54. The summed E-state index contributed by atoms with van der Waals surface area (Å²) < 4.78 is 22.7. The summed E-state index contributed by atoms with van der Waals surface area (Å²) in [7, 11) is 1.45. The van der Waals surface area contributed by atoms with Crippen molar-refractivity contribution in [2.45, 2.75) is 51.6 Å². The molecule has 1 aromatic carbocycles. The van der Waals surface area contributed by atoms with E-state index in [2.05, 4.69) is 4.98 Å². The van der Waals surface area contributed by atoms with E-state index in [4.69, 9.17) is 10.5 Å². The highest BCUT2D eigenvalue weighted by Crippen LogP contribution is 2.45. The highest BCUT2D eigenvalue weighted by molar-refractivity contribution is 5.93. The van der Waals surface area contributed by atoms with E-state index in [1.165, 1.54) is 7.11 Å². The molecule has 7 nitrogen and oxygen atoms in total. The van der Waals surface area contributed by atoms with Gasteiger partial charge in [-0.2, -0.15) is 0 Å². The van der Waals surface area contributed by atoms with E-state index in [-0.39, 0.29) is 34.2 Å². The smallest absolute Gasteiger partial charge is 0.329 e. The monoisotopic (exact) mass is 390 g/mol. The Hall–Kier alpha value is -2.35. The molecule has 2 aromatic rings. The van der Waals surface area contributed by atoms with Crippen LogP contribution in [0.5, 0.6) is 5.75 Å². The Morgan fingerprint density at radius 1 is 1.25 bits per heavy atom. The van der Waals surface area contributed by atoms with Crippen LogP contribution in [0, 0.1) is 18.7 Å². The number of hydrogen-bond acceptors (Lipinski definition) is 5. The fraction of sp³-hybridized carbons (Fsp3) is 0.600. The number of nitrogens with one attached hydrogen (secondary N) is 1. The molecule has 0 amide bonds. The predicted octanol–water partition coefficient (Wildman–Crippen LogP) is 2.04. The van der Waals surface area contributed by atoms with Crippen LogP contribution < -0.4 is 26.6 Å². The molecule has 2 fully saturated rings. The van der Waals surface area contributed by atoms with Gasteiger partial charge in [-0.05, 0) is 46.0 Å². The standard InChI is InChI=1S/C20H27FN4O3/c1-10-13-15(25(12-5-6-12)19(27)23-18(13)26)17(28-4)16(14(10)21)24-8-7-11(9-24)20(2,3)22/h11-12H,5-9,22H2,1-4H3,(H,23,26,27). The molecule has 152 valence electrons. The molecule has 4 rings (SSSR count). The number of nitrogens with two attached hydrogens (primary N) is 1. The summed E-state index contributed by atoms with van der Waals surface area (Å²) in [6, 6.07) is 0.00719. The molecule has 0 spiro atoms. The quantitative estimate of drug-likeness (QED) is 0.833. The van der Waals surface area contributed by atoms with Crippen molar-refractivity contribution in [3.63, 3.8) is 0 Å². The number of benzene rings is 1. The number of aromatic amines is 1. The third-order valence-electron chi connectivity index (χ3n) is 6.16. The topological polar surface area (TPSA) is 93.3 Å². The number of H-pyrrole nitrogens is 1. The van der Waals surface area contributed by atoms with Gasteiger partial charge in [-0.15, -0.1) is 0 Å². The van der Waals surface area contributed by atoms with Gasteiger partial charge in [-0.3, -0.25) is 14.3 Å². The molecule has 1 saturated heterocycles. The first-order chi connectivity index (χ1) is 13.1. The fourth-order valence-electron chi connectivity index (χ4n) is 4.35. The fourth-order valence-corrected chi connectivity index (χ4v) is 4.35. The first kappa shape index (κ1) is 19.0. The van der Waals surface area contributed by atoms with Gasteiger partial charge >= 0.3 is 5.69 Å². The van der Waals surface area contributed by atoms with Crippen molar-refractivity contribution in [3.8, 4) is 5.75 Å². The van der Waals surface area contributed by atoms with E-state index < -0.39 is 17.1 Å². The van der Waals surface area contributed by atoms with Crippen molar-refractivity contribution in [1.29, 1.82) is 0 Å². The minimum absolute atomic E-state index is 0.00719. The largest absolute Gasteiger partial charge is 0.492 e. The molecule has 2 heterocycles. The Morgan fingerprint density at radius 3 is 2.46 bits per heavy atom. The van der Waals surface area contributed by atoms with E-state index in [9.17, 15) is 9.59 Å². The maximum atomic E-state index is 15.5. The number of fused-ring (bicyclic) bond motifs is 1. The van der Waals surface area contributed by atoms with Crippen LogP contribution in [0.15, 0.2) is 9.59 Å². The first-order valence-corrected chi connectivity index (χ1v) is 9.73. The molecule has 0 radical (unpaired) electrons. The van der Waals surface area contributed by atoms with Gasteiger partial charge in [0.05, 0.1) is 12.5 Å². The summed E-state index contributed by atoms with van der Waals surface area (Å²) in [4.78, 5) is 29.3. The molecule has 1 aliphatic carbocycles. The molecule has 1 atom stereocenters. The van der Waals surface area contributed by atoms with Gasteiger partial charge in [0.2, 0.25) is 0 Å². The number of halogens is 1. The Labute approximate surface area is 162 Å². The van der Waals surface area contributed by atoms with Crippen molar-refractivity contribution in [1.82, 2.24) is 9.55 Å². The average Bonchev–Trinajstić information content (AvgIpc) is 3.31. The second-order valence-corrected chi connectivity index (χ2v) is 8.66. The van der Waals surface area contributed by atoms with Crippen LogP contribution in [0.25, 0.3) is 10.9 Å². The normalized spacial score (nSPS) is 20.2. The lowest BCUT2D eigenvalue weighted by Crippen LogP contribution is -2.42. The lowest BCUT2D eigenvalue weighted by molar-refractivity contribution is 0.348. The van der Waals surface area contributed by atoms with E-state index in [1.807, 2.05) is 18.7 Å². The second-order valence-electron chi connectivity index (χ2n) is 8.66. The van der Waals surface area contributed by atoms with Crippen LogP contribution in [0.3, 0.4) is 0 Å². The lowest BCUT2D eigenvalue weighted by Gasteiger charge is -2.29. The molecular formula is C20H27FN4O3. The maximum absolute atomic E-state index is 15.5. The second kappa shape index (κ2) is 6.34. The minimum atomic E-state index is -0.583. The number of ether oxygens (including phenoxy) is 1.